The Labute approximate surface area is 215 Å². The summed E-state index contributed by atoms with van der Waals surface area (Å²) in [5, 5.41) is 1.61. The fourth-order valence-electron chi connectivity index (χ4n) is 4.50. The first-order valence-electron chi connectivity index (χ1n) is 11.3. The van der Waals surface area contributed by atoms with Crippen LogP contribution >= 0.6 is 11.3 Å². The Morgan fingerprint density at radius 1 is 0.919 bits per heavy atom. The summed E-state index contributed by atoms with van der Waals surface area (Å²) in [4.78, 5) is 30.0. The normalized spacial score (nSPS) is 11.8. The lowest BCUT2D eigenvalue weighted by atomic mass is 10.1. The SMILES string of the molecule is Cc1ccccc1C(=O)N(c1cc2sc(=O)oc2c2ccccc12)S(=O)(=O)c1cccc2cccnc12. The Balaban J connectivity index is 1.72. The van der Waals surface area contributed by atoms with Gasteiger partial charge in [0.25, 0.3) is 15.9 Å². The molecule has 9 heteroatoms. The Bertz CT molecular complexity index is 2020. The lowest BCUT2D eigenvalue weighted by molar-refractivity contribution is 0.100. The molecule has 0 saturated heterocycles. The van der Waals surface area contributed by atoms with E-state index in [4.69, 9.17) is 4.42 Å². The zero-order valence-corrected chi connectivity index (χ0v) is 21.0. The molecule has 6 aromatic rings. The van der Waals surface area contributed by atoms with Crippen LogP contribution in [0.3, 0.4) is 0 Å². The number of anilines is 1. The minimum Gasteiger partial charge on any atom is -0.413 e. The van der Waals surface area contributed by atoms with Crippen molar-refractivity contribution < 1.29 is 17.6 Å². The second-order valence-electron chi connectivity index (χ2n) is 8.44. The van der Waals surface area contributed by atoms with Crippen molar-refractivity contribution in [3.05, 3.63) is 112 Å². The van der Waals surface area contributed by atoms with Crippen molar-refractivity contribution in [1.82, 2.24) is 4.98 Å². The average molecular weight is 527 g/mol. The number of pyridine rings is 1. The van der Waals surface area contributed by atoms with Crippen LogP contribution in [-0.2, 0) is 10.0 Å². The van der Waals surface area contributed by atoms with E-state index >= 15 is 0 Å². The molecule has 0 aliphatic heterocycles. The largest absolute Gasteiger partial charge is 0.413 e. The molecule has 37 heavy (non-hydrogen) atoms. The maximum Gasteiger partial charge on any atom is 0.396 e. The predicted octanol–water partition coefficient (Wildman–Crippen LogP) is 5.90. The molecule has 0 spiro atoms. The van der Waals surface area contributed by atoms with Crippen LogP contribution in [0.5, 0.6) is 0 Å². The number of aromatic nitrogens is 1. The Kier molecular flexibility index (Phi) is 5.40. The number of nitrogens with zero attached hydrogens (tertiary/aromatic N) is 2. The van der Waals surface area contributed by atoms with Gasteiger partial charge in [-0.1, -0.05) is 72.0 Å². The van der Waals surface area contributed by atoms with Gasteiger partial charge in [0, 0.05) is 27.9 Å². The summed E-state index contributed by atoms with van der Waals surface area (Å²) in [6.45, 7) is 1.75. The zero-order chi connectivity index (χ0) is 25.7. The van der Waals surface area contributed by atoms with Crippen LogP contribution in [-0.4, -0.2) is 19.3 Å². The van der Waals surface area contributed by atoms with Gasteiger partial charge in [-0.05, 0) is 36.8 Å². The van der Waals surface area contributed by atoms with E-state index in [9.17, 15) is 18.0 Å². The Hall–Kier alpha value is -4.34. The number of benzene rings is 4. The minimum absolute atomic E-state index is 0.0999. The van der Waals surface area contributed by atoms with Crippen LogP contribution in [0.25, 0.3) is 32.0 Å². The highest BCUT2D eigenvalue weighted by Crippen LogP contribution is 2.39. The zero-order valence-electron chi connectivity index (χ0n) is 19.4. The van der Waals surface area contributed by atoms with Crippen LogP contribution in [0.2, 0.25) is 0 Å². The highest BCUT2D eigenvalue weighted by Gasteiger charge is 2.35. The summed E-state index contributed by atoms with van der Waals surface area (Å²) in [5.41, 5.74) is 1.60. The van der Waals surface area contributed by atoms with Crippen molar-refractivity contribution in [3.63, 3.8) is 0 Å². The highest BCUT2D eigenvalue weighted by molar-refractivity contribution is 7.93. The van der Waals surface area contributed by atoms with Gasteiger partial charge < -0.3 is 4.42 Å². The molecule has 0 aliphatic rings. The van der Waals surface area contributed by atoms with Gasteiger partial charge in [-0.3, -0.25) is 9.78 Å². The summed E-state index contributed by atoms with van der Waals surface area (Å²) < 4.78 is 35.6. The van der Waals surface area contributed by atoms with Crippen molar-refractivity contribution in [2.45, 2.75) is 11.8 Å². The molecule has 0 bridgehead atoms. The number of para-hydroxylation sites is 1. The third kappa shape index (κ3) is 3.71. The molecule has 2 aromatic heterocycles. The Morgan fingerprint density at radius 3 is 2.46 bits per heavy atom. The maximum absolute atomic E-state index is 14.4. The van der Waals surface area contributed by atoms with Gasteiger partial charge in [0.15, 0.2) is 5.58 Å². The molecule has 0 saturated carbocycles. The number of carbonyl (C=O) groups excluding carboxylic acids is 1. The first-order chi connectivity index (χ1) is 17.9. The van der Waals surface area contributed by atoms with E-state index < -0.39 is 20.9 Å². The standard InChI is InChI=1S/C28H18N2O5S2/c1-17-8-2-3-11-19(17)27(31)30(37(33,34)24-14-6-9-18-10-7-15-29-25(18)24)22-16-23-26(35-28(32)36-23)21-13-5-4-12-20(21)22/h2-16H,1H3. The van der Waals surface area contributed by atoms with E-state index in [0.717, 1.165) is 15.6 Å². The molecule has 182 valence electrons. The third-order valence-corrected chi connectivity index (χ3v) is 8.71. The van der Waals surface area contributed by atoms with Gasteiger partial charge >= 0.3 is 4.94 Å². The molecule has 2 heterocycles. The topological polar surface area (TPSA) is 97.5 Å². The summed E-state index contributed by atoms with van der Waals surface area (Å²) in [7, 11) is -4.48. The van der Waals surface area contributed by atoms with Crippen molar-refractivity contribution >= 4 is 64.9 Å². The summed E-state index contributed by atoms with van der Waals surface area (Å²) in [6.07, 6.45) is 1.51. The highest BCUT2D eigenvalue weighted by atomic mass is 32.2. The fourth-order valence-corrected chi connectivity index (χ4v) is 6.81. The van der Waals surface area contributed by atoms with E-state index in [2.05, 4.69) is 4.98 Å². The van der Waals surface area contributed by atoms with E-state index in [1.807, 2.05) is 0 Å². The maximum atomic E-state index is 14.4. The third-order valence-electron chi connectivity index (χ3n) is 6.21. The monoisotopic (exact) mass is 526 g/mol. The van der Waals surface area contributed by atoms with Crippen LogP contribution in [0.15, 0.2) is 105 Å². The van der Waals surface area contributed by atoms with Crippen LogP contribution in [0.4, 0.5) is 5.69 Å². The van der Waals surface area contributed by atoms with E-state index in [1.165, 1.54) is 18.3 Å². The van der Waals surface area contributed by atoms with Crippen molar-refractivity contribution in [2.24, 2.45) is 0 Å². The van der Waals surface area contributed by atoms with Crippen molar-refractivity contribution in [1.29, 1.82) is 0 Å². The second-order valence-corrected chi connectivity index (χ2v) is 11.2. The molecule has 0 N–H and O–H groups in total. The number of hydrogen-bond donors (Lipinski definition) is 0. The molecule has 0 aliphatic carbocycles. The minimum atomic E-state index is -4.48. The molecular formula is C28H18N2O5S2. The molecular weight excluding hydrogens is 508 g/mol. The molecule has 0 fully saturated rings. The van der Waals surface area contributed by atoms with Crippen LogP contribution in [0, 0.1) is 6.92 Å². The van der Waals surface area contributed by atoms with Gasteiger partial charge in [0.05, 0.1) is 15.9 Å². The van der Waals surface area contributed by atoms with Gasteiger partial charge in [-0.25, -0.2) is 13.2 Å². The molecule has 1 amide bonds. The number of sulfonamides is 1. The number of hydrogen-bond acceptors (Lipinski definition) is 7. The number of aryl methyl sites for hydroxylation is 1. The lowest BCUT2D eigenvalue weighted by Gasteiger charge is -2.25. The quantitative estimate of drug-likeness (QED) is 0.284. The number of rotatable bonds is 4. The molecule has 0 atom stereocenters. The number of carbonyl (C=O) groups is 1. The van der Waals surface area contributed by atoms with Gasteiger partial charge in [-0.15, -0.1) is 0 Å². The van der Waals surface area contributed by atoms with Crippen LogP contribution in [0.1, 0.15) is 15.9 Å². The van der Waals surface area contributed by atoms with E-state index in [1.54, 1.807) is 79.7 Å². The molecule has 4 aromatic carbocycles. The summed E-state index contributed by atoms with van der Waals surface area (Å²) in [5.74, 6) is -0.716. The van der Waals surface area contributed by atoms with Gasteiger partial charge in [-0.2, -0.15) is 4.31 Å². The first kappa shape index (κ1) is 23.1. The smallest absolute Gasteiger partial charge is 0.396 e. The molecule has 7 nitrogen and oxygen atoms in total. The Morgan fingerprint density at radius 2 is 1.65 bits per heavy atom. The summed E-state index contributed by atoms with van der Waals surface area (Å²) in [6, 6.07) is 23.6. The molecule has 0 radical (unpaired) electrons. The molecule has 0 unspecified atom stereocenters. The van der Waals surface area contributed by atoms with Crippen LogP contribution < -0.4 is 9.24 Å². The fraction of sp³-hybridized carbons (Fsp3) is 0.0357. The number of fused-ring (bicyclic) bond motifs is 4. The van der Waals surface area contributed by atoms with Crippen molar-refractivity contribution in [2.75, 3.05) is 4.31 Å². The van der Waals surface area contributed by atoms with Gasteiger partial charge in [0.1, 0.15) is 4.90 Å². The van der Waals surface area contributed by atoms with Gasteiger partial charge in [0.2, 0.25) is 0 Å². The average Bonchev–Trinajstić information content (AvgIpc) is 3.29. The predicted molar refractivity (Wildman–Crippen MR) is 145 cm³/mol. The number of amides is 1. The van der Waals surface area contributed by atoms with E-state index in [0.29, 0.717) is 32.0 Å². The second kappa shape index (κ2) is 8.65. The van der Waals surface area contributed by atoms with E-state index in [-0.39, 0.29) is 21.7 Å². The molecule has 6 rings (SSSR count). The van der Waals surface area contributed by atoms with Crippen molar-refractivity contribution in [3.8, 4) is 0 Å². The summed E-state index contributed by atoms with van der Waals surface area (Å²) >= 11 is 0.851. The first-order valence-corrected chi connectivity index (χ1v) is 13.6. The lowest BCUT2D eigenvalue weighted by Crippen LogP contribution is -2.37.